The maximum atomic E-state index is 13.5. The van der Waals surface area contributed by atoms with Crippen molar-refractivity contribution in [3.8, 4) is 0 Å². The number of carboxylic acid groups (broad SMARTS) is 2. The van der Waals surface area contributed by atoms with Crippen molar-refractivity contribution < 1.29 is 102 Å². The molecule has 0 aromatic heterocycles. The van der Waals surface area contributed by atoms with Gasteiger partial charge in [0.15, 0.2) is 17.1 Å². The molecule has 0 radical (unpaired) electrons. The zero-order valence-electron chi connectivity index (χ0n) is 63.2. The molecule has 5 aromatic rings. The molecule has 102 heavy (non-hydrogen) atoms. The summed E-state index contributed by atoms with van der Waals surface area (Å²) in [5.74, 6) is -1.44. The van der Waals surface area contributed by atoms with Crippen LogP contribution < -0.4 is 45.9 Å². The van der Waals surface area contributed by atoms with Crippen LogP contribution in [0.25, 0.3) is 0 Å². The van der Waals surface area contributed by atoms with E-state index >= 15 is 0 Å². The first-order valence-corrected chi connectivity index (χ1v) is 40.0. The van der Waals surface area contributed by atoms with E-state index in [1.54, 1.807) is 0 Å². The van der Waals surface area contributed by atoms with E-state index in [0.717, 1.165) is 71.1 Å². The van der Waals surface area contributed by atoms with Crippen LogP contribution in [0.2, 0.25) is 0 Å². The summed E-state index contributed by atoms with van der Waals surface area (Å²) in [6.07, 6.45) is 28.2. The number of likely N-dealkylation sites (N-methyl/N-ethyl adjacent to an activating group) is 1. The van der Waals surface area contributed by atoms with E-state index in [4.69, 9.17) is 28.3 Å². The second-order valence-corrected chi connectivity index (χ2v) is 32.0. The number of aliphatic carboxylic acids is 2. The number of carboxylic acids is 2. The Balaban J connectivity index is 0.000000290. The summed E-state index contributed by atoms with van der Waals surface area (Å²) < 4.78 is 55.8. The lowest BCUT2D eigenvalue weighted by Crippen LogP contribution is -3.00. The standard InChI is InChI=1S/C38H51N2O5P.C27H31NO2.C19H31NO3P.BrH.HI/c1-7-39-33-23-18-16-21-31(33)38(6,27-29-46(43,44-8-2)45-9-3)35(39)25-13-10-12-24-34-37(4,5)30-20-15-17-22-32(30)40(34)28-19-11-14-26-36(41)42;1-27(2)23-17-11-12-18-24(23)28(21-13-5-10-20-26(29)30)25(27)19-9-4-8-16-22-14-6-3-7-15-22;1-7-20-16(5)19(6,17-14-15(4)10-11-18(17)20)12-13-24(21,22-8-2)23-9-3;;/h10,12-13,15-18,20-25H,7-9,11,14,19,26-29H2,1-6H3;3-4,6-9,11-12,14-15,17-19H,5,10,13,16,20-21H2,1-2H3;10-11,14H,7-9,12-13H2,1-6H3;2*1H/q;;+1;;. The van der Waals surface area contributed by atoms with Crippen molar-refractivity contribution in [1.29, 1.82) is 0 Å². The molecule has 0 fully saturated rings. The number of para-hydroxylation sites is 3. The number of carbonyl (C=O) groups is 2. The predicted octanol–water partition coefficient (Wildman–Crippen LogP) is 14.3. The highest BCUT2D eigenvalue weighted by atomic mass is 127. The number of rotatable bonds is 35. The van der Waals surface area contributed by atoms with E-state index in [2.05, 4.69) is 258 Å². The summed E-state index contributed by atoms with van der Waals surface area (Å²) in [5.41, 5.74) is 17.0. The molecule has 5 aromatic carbocycles. The van der Waals surface area contributed by atoms with Gasteiger partial charge in [-0.25, -0.2) is 0 Å². The van der Waals surface area contributed by atoms with Crippen LogP contribution >= 0.6 is 15.2 Å². The van der Waals surface area contributed by atoms with E-state index < -0.39 is 27.1 Å². The van der Waals surface area contributed by atoms with Gasteiger partial charge in [-0.3, -0.25) is 18.7 Å². The predicted molar refractivity (Wildman–Crippen MR) is 413 cm³/mol. The molecule has 4 aliphatic rings. The SMILES string of the molecule is CC1(C)C(C=CC=CCc2ccccc2)=[N+](CCCCCC(=O)O)c2ccccc21.CCOP(=O)(CCC1(C)C(=CC=CC=CC2=[N+](CCCCCC(=O)O)c3ccccc3C2(C)C)N(CC)c2ccccc21)OCC.CCOP(=O)(CCC1(C)C(C)=[N+](CC)c2ccc(C)cc21)OCC.[Br-].[I-]. The van der Waals surface area contributed by atoms with Crippen LogP contribution in [0.3, 0.4) is 0 Å². The summed E-state index contributed by atoms with van der Waals surface area (Å²) in [6.45, 7) is 34.7. The second-order valence-electron chi connectivity index (χ2n) is 27.7. The molecule has 0 bridgehead atoms. The van der Waals surface area contributed by atoms with Gasteiger partial charge in [-0.15, -0.1) is 0 Å². The molecule has 0 saturated heterocycles. The molecule has 4 heterocycles. The smallest absolute Gasteiger partial charge is 0.330 e. The number of fused-ring (bicyclic) bond motifs is 4. The minimum atomic E-state index is -3.20. The molecular formula is C84H115BrIN4O10P2+. The highest BCUT2D eigenvalue weighted by molar-refractivity contribution is 7.54. The fraction of sp³-hybridized carbons (Fsp3) is 0.464. The molecule has 0 saturated carbocycles. The van der Waals surface area contributed by atoms with E-state index in [1.165, 1.54) is 79.0 Å². The van der Waals surface area contributed by atoms with E-state index in [-0.39, 0.29) is 75.5 Å². The van der Waals surface area contributed by atoms with Gasteiger partial charge in [0.05, 0.1) is 55.0 Å². The van der Waals surface area contributed by atoms with E-state index in [9.17, 15) is 18.7 Å². The van der Waals surface area contributed by atoms with Crippen molar-refractivity contribution in [3.05, 3.63) is 215 Å². The number of nitrogens with zero attached hydrogens (tertiary/aromatic N) is 4. The lowest BCUT2D eigenvalue weighted by atomic mass is 9.77. The van der Waals surface area contributed by atoms with Crippen molar-refractivity contribution in [2.75, 3.05) is 69.8 Å². The summed E-state index contributed by atoms with van der Waals surface area (Å²) in [5, 5.41) is 17.9. The molecule has 2 N–H and O–H groups in total. The summed E-state index contributed by atoms with van der Waals surface area (Å²) in [6, 6.07) is 42.8. The third kappa shape index (κ3) is 21.6. The minimum Gasteiger partial charge on any atom is -1.00 e. The number of halogens is 2. The Morgan fingerprint density at radius 3 is 1.44 bits per heavy atom. The molecule has 0 spiro atoms. The van der Waals surface area contributed by atoms with Gasteiger partial charge in [0.2, 0.25) is 17.1 Å². The van der Waals surface area contributed by atoms with Gasteiger partial charge >= 0.3 is 27.1 Å². The number of unbranched alkanes of at least 4 members (excludes halogenated alkanes) is 4. The lowest BCUT2D eigenvalue weighted by Gasteiger charge is -2.31. The molecule has 9 rings (SSSR count). The number of hydrogen-bond acceptors (Lipinski definition) is 9. The van der Waals surface area contributed by atoms with Crippen LogP contribution in [-0.4, -0.2) is 118 Å². The Morgan fingerprint density at radius 1 is 0.510 bits per heavy atom. The summed E-state index contributed by atoms with van der Waals surface area (Å²) in [4.78, 5) is 24.1. The maximum Gasteiger partial charge on any atom is 0.330 e. The van der Waals surface area contributed by atoms with Gasteiger partial charge in [0.25, 0.3) is 0 Å². The molecule has 18 heteroatoms. The third-order valence-corrected chi connectivity index (χ3v) is 24.3. The fourth-order valence-electron chi connectivity index (χ4n) is 14.8. The van der Waals surface area contributed by atoms with Gasteiger partial charge in [-0.05, 0) is 164 Å². The maximum absolute atomic E-state index is 13.5. The highest BCUT2D eigenvalue weighted by Gasteiger charge is 2.49. The van der Waals surface area contributed by atoms with Crippen molar-refractivity contribution in [1.82, 2.24) is 0 Å². The normalized spacial score (nSPS) is 18.3. The van der Waals surface area contributed by atoms with Crippen LogP contribution in [0.15, 0.2) is 182 Å². The Kier molecular flexibility index (Phi) is 34.4. The Morgan fingerprint density at radius 2 is 0.961 bits per heavy atom. The fourth-order valence-corrected chi connectivity index (χ4v) is 18.5. The Bertz CT molecular complexity index is 3970. The summed E-state index contributed by atoms with van der Waals surface area (Å²) in [7, 11) is -6.22. The largest absolute Gasteiger partial charge is 1.00 e. The van der Waals surface area contributed by atoms with Gasteiger partial charge in [-0.1, -0.05) is 133 Å². The third-order valence-electron chi connectivity index (χ3n) is 20.2. The first-order valence-electron chi connectivity index (χ1n) is 36.5. The van der Waals surface area contributed by atoms with Gasteiger partial charge < -0.3 is 74.2 Å². The average molecular weight is 1610 g/mol. The number of allylic oxidation sites excluding steroid dienone is 10. The minimum absolute atomic E-state index is 0. The Labute approximate surface area is 638 Å². The molecule has 14 nitrogen and oxygen atoms in total. The molecule has 2 unspecified atom stereocenters. The van der Waals surface area contributed by atoms with E-state index in [1.807, 2.05) is 33.8 Å². The summed E-state index contributed by atoms with van der Waals surface area (Å²) >= 11 is 0. The van der Waals surface area contributed by atoms with Gasteiger partial charge in [-0.2, -0.15) is 13.7 Å². The van der Waals surface area contributed by atoms with Gasteiger partial charge in [0.1, 0.15) is 19.6 Å². The zero-order valence-corrected chi connectivity index (χ0v) is 68.7. The highest BCUT2D eigenvalue weighted by Crippen LogP contribution is 2.56. The van der Waals surface area contributed by atoms with Crippen LogP contribution in [0, 0.1) is 6.92 Å². The Hall–Kier alpha value is -5.94. The van der Waals surface area contributed by atoms with Crippen molar-refractivity contribution >= 4 is 67.0 Å². The van der Waals surface area contributed by atoms with Crippen LogP contribution in [0.5, 0.6) is 0 Å². The molecular weight excluding hydrogens is 1490 g/mol. The number of aryl methyl sites for hydroxylation is 1. The topological polar surface area (TPSA) is 158 Å². The first-order chi connectivity index (χ1) is 47.8. The van der Waals surface area contributed by atoms with Crippen LogP contribution in [-0.2, 0) is 64.9 Å². The number of anilines is 1. The van der Waals surface area contributed by atoms with Crippen molar-refractivity contribution in [2.45, 2.75) is 189 Å². The molecule has 0 amide bonds. The number of benzene rings is 5. The van der Waals surface area contributed by atoms with E-state index in [0.29, 0.717) is 51.6 Å². The monoisotopic (exact) mass is 1610 g/mol. The second kappa shape index (κ2) is 40.5. The molecule has 554 valence electrons. The lowest BCUT2D eigenvalue weighted by molar-refractivity contribution is -0.438. The molecule has 0 aliphatic carbocycles. The number of hydrogen-bond donors (Lipinski definition) is 2. The van der Waals surface area contributed by atoms with Crippen LogP contribution in [0.4, 0.5) is 22.7 Å². The van der Waals surface area contributed by atoms with Crippen molar-refractivity contribution in [3.63, 3.8) is 0 Å². The van der Waals surface area contributed by atoms with Gasteiger partial charge in [0, 0.05) is 103 Å². The molecule has 4 aliphatic heterocycles. The van der Waals surface area contributed by atoms with Crippen molar-refractivity contribution in [2.24, 2.45) is 0 Å². The quantitative estimate of drug-likeness (QED) is 0.0131. The molecule has 2 atom stereocenters. The average Bonchev–Trinajstić information content (AvgIpc) is 1.61. The zero-order chi connectivity index (χ0) is 72.7. The van der Waals surface area contributed by atoms with Crippen LogP contribution in [0.1, 0.15) is 188 Å². The first kappa shape index (κ1) is 86.7.